The molecule has 1 aromatic heterocycles. The minimum Gasteiger partial charge on any atom is -0.507 e. The number of non-ortho nitro benzene ring substituents is 1. The zero-order chi connectivity index (χ0) is 21.6. The van der Waals surface area contributed by atoms with E-state index < -0.39 is 4.92 Å². The molecule has 4 rings (SSSR count). The first-order chi connectivity index (χ1) is 15.1. The number of rotatable bonds is 6. The second kappa shape index (κ2) is 9.54. The third-order valence-corrected chi connectivity index (χ3v) is 5.48. The number of phenolic OH excluding ortho intramolecular Hbond substituents is 1. The standard InChI is InChI=1S/C20H26N8O3/c29-17-8-7-16(28(30)31)13-15(17)14-21-25-18-22-19(26-9-3-1-4-10-26)24-20(23-18)27-11-5-2-6-12-27/h7-8,13-14,29H,1-6,9-12H2,(H,22,23,24,25)/b21-14+. The van der Waals surface area contributed by atoms with Crippen LogP contribution in [-0.4, -0.2) is 57.4 Å². The van der Waals surface area contributed by atoms with E-state index >= 15 is 0 Å². The van der Waals surface area contributed by atoms with Gasteiger partial charge in [-0.2, -0.15) is 20.1 Å². The van der Waals surface area contributed by atoms with Gasteiger partial charge in [0.15, 0.2) is 0 Å². The topological polar surface area (TPSA) is 133 Å². The zero-order valence-corrected chi connectivity index (χ0v) is 17.3. The van der Waals surface area contributed by atoms with Gasteiger partial charge < -0.3 is 14.9 Å². The highest BCUT2D eigenvalue weighted by atomic mass is 16.6. The smallest absolute Gasteiger partial charge is 0.270 e. The Morgan fingerprint density at radius 1 is 0.968 bits per heavy atom. The molecular formula is C20H26N8O3. The van der Waals surface area contributed by atoms with Crippen molar-refractivity contribution in [2.24, 2.45) is 5.10 Å². The van der Waals surface area contributed by atoms with Crippen molar-refractivity contribution in [2.45, 2.75) is 38.5 Å². The lowest BCUT2D eigenvalue weighted by molar-refractivity contribution is -0.384. The Hall–Kier alpha value is -3.50. The molecule has 31 heavy (non-hydrogen) atoms. The van der Waals surface area contributed by atoms with Crippen molar-refractivity contribution in [3.63, 3.8) is 0 Å². The number of nitro groups is 1. The van der Waals surface area contributed by atoms with Crippen molar-refractivity contribution in [1.82, 2.24) is 15.0 Å². The number of aromatic nitrogens is 3. The van der Waals surface area contributed by atoms with Gasteiger partial charge in [0.1, 0.15) is 5.75 Å². The highest BCUT2D eigenvalue weighted by Gasteiger charge is 2.20. The quantitative estimate of drug-likeness (QED) is 0.406. The maximum atomic E-state index is 11.0. The van der Waals surface area contributed by atoms with Crippen LogP contribution in [0.1, 0.15) is 44.1 Å². The Bertz CT molecular complexity index is 919. The molecule has 2 aliphatic heterocycles. The molecule has 0 atom stereocenters. The van der Waals surface area contributed by atoms with E-state index in [0.717, 1.165) is 51.9 Å². The molecular weight excluding hydrogens is 400 g/mol. The highest BCUT2D eigenvalue weighted by Crippen LogP contribution is 2.23. The molecule has 0 spiro atoms. The molecule has 11 heteroatoms. The van der Waals surface area contributed by atoms with Crippen LogP contribution >= 0.6 is 0 Å². The fourth-order valence-corrected chi connectivity index (χ4v) is 3.79. The molecule has 0 radical (unpaired) electrons. The number of phenols is 1. The van der Waals surface area contributed by atoms with Crippen LogP contribution in [0.15, 0.2) is 23.3 Å². The Kier molecular flexibility index (Phi) is 6.39. The van der Waals surface area contributed by atoms with Crippen molar-refractivity contribution in [3.05, 3.63) is 33.9 Å². The SMILES string of the molecule is O=[N+]([O-])c1ccc(O)c(/C=N/Nc2nc(N3CCCCC3)nc(N3CCCCC3)n2)c1. The molecule has 1 aromatic carbocycles. The molecule has 3 heterocycles. The number of benzene rings is 1. The van der Waals surface area contributed by atoms with Gasteiger partial charge >= 0.3 is 0 Å². The molecule has 11 nitrogen and oxygen atoms in total. The molecule has 2 saturated heterocycles. The van der Waals surface area contributed by atoms with E-state index in [9.17, 15) is 15.2 Å². The van der Waals surface area contributed by atoms with Gasteiger partial charge in [0.05, 0.1) is 11.1 Å². The normalized spacial score (nSPS) is 17.2. The summed E-state index contributed by atoms with van der Waals surface area (Å²) < 4.78 is 0. The van der Waals surface area contributed by atoms with Crippen molar-refractivity contribution in [2.75, 3.05) is 41.4 Å². The molecule has 0 saturated carbocycles. The highest BCUT2D eigenvalue weighted by molar-refractivity contribution is 5.84. The van der Waals surface area contributed by atoms with Gasteiger partial charge in [0.25, 0.3) is 5.69 Å². The molecule has 2 N–H and O–H groups in total. The van der Waals surface area contributed by atoms with Gasteiger partial charge in [-0.15, -0.1) is 0 Å². The van der Waals surface area contributed by atoms with Crippen LogP contribution in [0.4, 0.5) is 23.5 Å². The van der Waals surface area contributed by atoms with Gasteiger partial charge in [-0.3, -0.25) is 10.1 Å². The summed E-state index contributed by atoms with van der Waals surface area (Å²) in [6.45, 7) is 3.64. The van der Waals surface area contributed by atoms with Crippen molar-refractivity contribution >= 4 is 29.7 Å². The predicted molar refractivity (Wildman–Crippen MR) is 118 cm³/mol. The Balaban J connectivity index is 1.57. The fraction of sp³-hybridized carbons (Fsp3) is 0.500. The van der Waals surface area contributed by atoms with Crippen molar-refractivity contribution < 1.29 is 10.0 Å². The monoisotopic (exact) mass is 426 g/mol. The van der Waals surface area contributed by atoms with Gasteiger partial charge in [-0.1, -0.05) is 0 Å². The first kappa shape index (κ1) is 20.8. The molecule has 2 aromatic rings. The van der Waals surface area contributed by atoms with E-state index in [4.69, 9.17) is 4.98 Å². The average molecular weight is 426 g/mol. The second-order valence-corrected chi connectivity index (χ2v) is 7.72. The number of aromatic hydroxyl groups is 1. The summed E-state index contributed by atoms with van der Waals surface area (Å²) in [5, 5.41) is 25.0. The molecule has 0 unspecified atom stereocenters. The number of nitrogens with zero attached hydrogens (tertiary/aromatic N) is 7. The third kappa shape index (κ3) is 5.16. The van der Waals surface area contributed by atoms with Crippen LogP contribution in [0.5, 0.6) is 5.75 Å². The van der Waals surface area contributed by atoms with Crippen LogP contribution in [0, 0.1) is 10.1 Å². The summed E-state index contributed by atoms with van der Waals surface area (Å²) in [4.78, 5) is 28.6. The summed E-state index contributed by atoms with van der Waals surface area (Å²) in [6, 6.07) is 3.76. The maximum absolute atomic E-state index is 11.0. The third-order valence-electron chi connectivity index (χ3n) is 5.48. The van der Waals surface area contributed by atoms with Gasteiger partial charge in [0, 0.05) is 43.9 Å². The van der Waals surface area contributed by atoms with E-state index in [1.165, 1.54) is 37.3 Å². The number of hydrogen-bond donors (Lipinski definition) is 2. The molecule has 2 aliphatic rings. The number of piperidine rings is 2. The molecule has 2 fully saturated rings. The molecule has 164 valence electrons. The van der Waals surface area contributed by atoms with Gasteiger partial charge in [-0.25, -0.2) is 5.43 Å². The number of nitro benzene ring substituents is 1. The fourth-order valence-electron chi connectivity index (χ4n) is 3.79. The summed E-state index contributed by atoms with van der Waals surface area (Å²) in [5.74, 6) is 1.46. The van der Waals surface area contributed by atoms with Crippen molar-refractivity contribution in [1.29, 1.82) is 0 Å². The number of hydrazone groups is 1. The largest absolute Gasteiger partial charge is 0.507 e. The lowest BCUT2D eigenvalue weighted by atomic mass is 10.1. The first-order valence-corrected chi connectivity index (χ1v) is 10.6. The lowest BCUT2D eigenvalue weighted by Gasteiger charge is -2.30. The number of nitrogens with one attached hydrogen (secondary N) is 1. The van der Waals surface area contributed by atoms with E-state index in [-0.39, 0.29) is 17.0 Å². The van der Waals surface area contributed by atoms with Crippen LogP contribution in [0.25, 0.3) is 0 Å². The lowest BCUT2D eigenvalue weighted by Crippen LogP contribution is -2.34. The van der Waals surface area contributed by atoms with E-state index in [1.807, 2.05) is 0 Å². The number of anilines is 3. The van der Waals surface area contributed by atoms with E-state index in [2.05, 4.69) is 30.3 Å². The van der Waals surface area contributed by atoms with Crippen LogP contribution < -0.4 is 15.2 Å². The van der Waals surface area contributed by atoms with Crippen LogP contribution in [0.2, 0.25) is 0 Å². The van der Waals surface area contributed by atoms with Crippen LogP contribution in [-0.2, 0) is 0 Å². The van der Waals surface area contributed by atoms with E-state index in [1.54, 1.807) is 0 Å². The summed E-state index contributed by atoms with van der Waals surface area (Å²) >= 11 is 0. The molecule has 0 amide bonds. The average Bonchev–Trinajstić information content (AvgIpc) is 2.81. The maximum Gasteiger partial charge on any atom is 0.270 e. The molecule has 0 aliphatic carbocycles. The minimum absolute atomic E-state index is 0.102. The van der Waals surface area contributed by atoms with Crippen LogP contribution in [0.3, 0.4) is 0 Å². The number of hydrogen-bond acceptors (Lipinski definition) is 10. The Morgan fingerprint density at radius 2 is 1.55 bits per heavy atom. The predicted octanol–water partition coefficient (Wildman–Crippen LogP) is 2.91. The summed E-state index contributed by atoms with van der Waals surface area (Å²) in [7, 11) is 0. The van der Waals surface area contributed by atoms with Gasteiger partial charge in [-0.05, 0) is 44.6 Å². The first-order valence-electron chi connectivity index (χ1n) is 10.6. The Morgan fingerprint density at radius 3 is 2.10 bits per heavy atom. The summed E-state index contributed by atoms with van der Waals surface area (Å²) in [6.07, 6.45) is 8.17. The Labute approximate surface area is 180 Å². The molecule has 0 bridgehead atoms. The van der Waals surface area contributed by atoms with Gasteiger partial charge in [0.2, 0.25) is 17.8 Å². The zero-order valence-electron chi connectivity index (χ0n) is 17.3. The van der Waals surface area contributed by atoms with Crippen molar-refractivity contribution in [3.8, 4) is 5.75 Å². The summed E-state index contributed by atoms with van der Waals surface area (Å²) in [5.41, 5.74) is 2.90. The van der Waals surface area contributed by atoms with E-state index in [0.29, 0.717) is 17.8 Å². The minimum atomic E-state index is -0.522. The second-order valence-electron chi connectivity index (χ2n) is 7.72.